The molecule has 3 rings (SSSR count). The summed E-state index contributed by atoms with van der Waals surface area (Å²) in [4.78, 5) is 27.1. The summed E-state index contributed by atoms with van der Waals surface area (Å²) in [6.07, 6.45) is 3.36. The lowest BCUT2D eigenvalue weighted by Crippen LogP contribution is -2.40. The Morgan fingerprint density at radius 1 is 1.30 bits per heavy atom. The Labute approximate surface area is 178 Å². The van der Waals surface area contributed by atoms with Gasteiger partial charge in [0.05, 0.1) is 24.4 Å². The first kappa shape index (κ1) is 22.2. The zero-order valence-electron chi connectivity index (χ0n) is 19.1. The van der Waals surface area contributed by atoms with E-state index in [1.54, 1.807) is 32.0 Å². The van der Waals surface area contributed by atoms with Crippen molar-refractivity contribution in [3.8, 4) is 11.4 Å². The van der Waals surface area contributed by atoms with Crippen LogP contribution in [-0.4, -0.2) is 68.1 Å². The standard InChI is InChI=1S/C22H33N5O3/c1-8-18-20(27-12-16(30-7)10-15(27)13-29-6)22(28)26(5)21(24-18)17-11-23-19(25(3)4)9-14(17)2/h9,11,15-16H,8,10,12-13H2,1-7H3/t15-,16+/m0/s1. The summed E-state index contributed by atoms with van der Waals surface area (Å²) in [6.45, 7) is 5.26. The molecule has 2 aromatic rings. The fourth-order valence-corrected chi connectivity index (χ4v) is 4.10. The monoisotopic (exact) mass is 415 g/mol. The summed E-state index contributed by atoms with van der Waals surface area (Å²) in [5.41, 5.74) is 3.30. The van der Waals surface area contributed by atoms with E-state index in [4.69, 9.17) is 14.5 Å². The van der Waals surface area contributed by atoms with Crippen LogP contribution in [0.25, 0.3) is 11.4 Å². The Morgan fingerprint density at radius 3 is 2.60 bits per heavy atom. The SMILES string of the molecule is CCc1nc(-c2cnc(N(C)C)cc2C)n(C)c(=O)c1N1C[C@H](OC)C[C@H]1COC. The van der Waals surface area contributed by atoms with E-state index in [0.717, 1.165) is 29.1 Å². The lowest BCUT2D eigenvalue weighted by atomic mass is 10.1. The van der Waals surface area contributed by atoms with Crippen molar-refractivity contribution < 1.29 is 9.47 Å². The van der Waals surface area contributed by atoms with Crippen molar-refractivity contribution in [3.63, 3.8) is 0 Å². The average Bonchev–Trinajstić information content (AvgIpc) is 3.12. The van der Waals surface area contributed by atoms with Crippen LogP contribution >= 0.6 is 0 Å². The highest BCUT2D eigenvalue weighted by Gasteiger charge is 2.35. The Morgan fingerprint density at radius 2 is 2.03 bits per heavy atom. The fraction of sp³-hybridized carbons (Fsp3) is 0.591. The second-order valence-corrected chi connectivity index (χ2v) is 8.06. The minimum absolute atomic E-state index is 0.0502. The average molecular weight is 416 g/mol. The van der Waals surface area contributed by atoms with Crippen LogP contribution in [0.2, 0.25) is 0 Å². The smallest absolute Gasteiger partial charge is 0.277 e. The number of aromatic nitrogens is 3. The second kappa shape index (κ2) is 9.14. The van der Waals surface area contributed by atoms with Gasteiger partial charge in [0, 0.05) is 53.7 Å². The molecular weight excluding hydrogens is 382 g/mol. The van der Waals surface area contributed by atoms with Crippen LogP contribution in [-0.2, 0) is 22.9 Å². The maximum absolute atomic E-state index is 13.5. The van der Waals surface area contributed by atoms with Crippen molar-refractivity contribution in [3.05, 3.63) is 33.9 Å². The molecule has 0 aliphatic carbocycles. The van der Waals surface area contributed by atoms with Gasteiger partial charge in [-0.15, -0.1) is 0 Å². The summed E-state index contributed by atoms with van der Waals surface area (Å²) < 4.78 is 12.6. The van der Waals surface area contributed by atoms with E-state index in [2.05, 4.69) is 9.88 Å². The maximum Gasteiger partial charge on any atom is 0.277 e. The van der Waals surface area contributed by atoms with Crippen LogP contribution in [0, 0.1) is 6.92 Å². The van der Waals surface area contributed by atoms with E-state index < -0.39 is 0 Å². The van der Waals surface area contributed by atoms with Gasteiger partial charge in [0.2, 0.25) is 0 Å². The summed E-state index contributed by atoms with van der Waals surface area (Å²) in [6, 6.07) is 2.10. The largest absolute Gasteiger partial charge is 0.383 e. The zero-order valence-corrected chi connectivity index (χ0v) is 19.1. The van der Waals surface area contributed by atoms with Gasteiger partial charge >= 0.3 is 0 Å². The molecule has 1 aliphatic heterocycles. The van der Waals surface area contributed by atoms with Crippen LogP contribution in [0.3, 0.4) is 0 Å². The van der Waals surface area contributed by atoms with E-state index in [9.17, 15) is 4.79 Å². The van der Waals surface area contributed by atoms with Crippen LogP contribution in [0.4, 0.5) is 11.5 Å². The number of ether oxygens (including phenoxy) is 2. The molecule has 164 valence electrons. The van der Waals surface area contributed by atoms with Gasteiger partial charge in [-0.05, 0) is 31.4 Å². The molecule has 0 radical (unpaired) electrons. The number of hydrogen-bond donors (Lipinski definition) is 0. The molecule has 8 heteroatoms. The zero-order chi connectivity index (χ0) is 22.0. The molecule has 0 N–H and O–H groups in total. The summed E-state index contributed by atoms with van der Waals surface area (Å²) in [5, 5.41) is 0. The number of methoxy groups -OCH3 is 2. The predicted octanol–water partition coefficient (Wildman–Crippen LogP) is 2.02. The van der Waals surface area contributed by atoms with Crippen molar-refractivity contribution in [1.82, 2.24) is 14.5 Å². The molecule has 2 aromatic heterocycles. The first-order valence-corrected chi connectivity index (χ1v) is 10.3. The summed E-state index contributed by atoms with van der Waals surface area (Å²) in [7, 11) is 9.09. The van der Waals surface area contributed by atoms with Gasteiger partial charge in [-0.25, -0.2) is 9.97 Å². The molecule has 1 fully saturated rings. The quantitative estimate of drug-likeness (QED) is 0.685. The van der Waals surface area contributed by atoms with E-state index >= 15 is 0 Å². The lowest BCUT2D eigenvalue weighted by Gasteiger charge is -2.28. The minimum Gasteiger partial charge on any atom is -0.383 e. The molecular formula is C22H33N5O3. The number of anilines is 2. The fourth-order valence-electron chi connectivity index (χ4n) is 4.10. The van der Waals surface area contributed by atoms with Crippen LogP contribution in [0.1, 0.15) is 24.6 Å². The van der Waals surface area contributed by atoms with Crippen LogP contribution < -0.4 is 15.4 Å². The van der Waals surface area contributed by atoms with Crippen molar-refractivity contribution in [1.29, 1.82) is 0 Å². The molecule has 2 atom stereocenters. The Kier molecular flexibility index (Phi) is 6.77. The number of nitrogens with zero attached hydrogens (tertiary/aromatic N) is 5. The van der Waals surface area contributed by atoms with Crippen molar-refractivity contribution in [2.75, 3.05) is 51.3 Å². The van der Waals surface area contributed by atoms with Gasteiger partial charge in [0.25, 0.3) is 5.56 Å². The molecule has 30 heavy (non-hydrogen) atoms. The van der Waals surface area contributed by atoms with Gasteiger partial charge in [0.1, 0.15) is 17.3 Å². The van der Waals surface area contributed by atoms with Gasteiger partial charge in [-0.3, -0.25) is 9.36 Å². The highest BCUT2D eigenvalue weighted by molar-refractivity contribution is 5.64. The number of pyridine rings is 1. The molecule has 1 saturated heterocycles. The van der Waals surface area contributed by atoms with E-state index in [0.29, 0.717) is 31.1 Å². The molecule has 3 heterocycles. The molecule has 0 amide bonds. The molecule has 0 spiro atoms. The minimum atomic E-state index is -0.0502. The van der Waals surface area contributed by atoms with E-state index in [1.165, 1.54) is 0 Å². The van der Waals surface area contributed by atoms with E-state index in [-0.39, 0.29) is 17.7 Å². The highest BCUT2D eigenvalue weighted by Crippen LogP contribution is 2.30. The summed E-state index contributed by atoms with van der Waals surface area (Å²) >= 11 is 0. The normalized spacial score (nSPS) is 18.8. The third-order valence-corrected chi connectivity index (χ3v) is 5.83. The second-order valence-electron chi connectivity index (χ2n) is 8.06. The van der Waals surface area contributed by atoms with Crippen molar-refractivity contribution >= 4 is 11.5 Å². The molecule has 0 bridgehead atoms. The third kappa shape index (κ3) is 4.06. The number of rotatable bonds is 7. The number of hydrogen-bond acceptors (Lipinski definition) is 7. The Bertz CT molecular complexity index is 957. The maximum atomic E-state index is 13.5. The summed E-state index contributed by atoms with van der Waals surface area (Å²) in [5.74, 6) is 1.51. The van der Waals surface area contributed by atoms with Crippen LogP contribution in [0.5, 0.6) is 0 Å². The van der Waals surface area contributed by atoms with Crippen molar-refractivity contribution in [2.45, 2.75) is 38.8 Å². The van der Waals surface area contributed by atoms with Gasteiger partial charge in [-0.2, -0.15) is 0 Å². The molecule has 0 aromatic carbocycles. The first-order valence-electron chi connectivity index (χ1n) is 10.3. The van der Waals surface area contributed by atoms with Gasteiger partial charge in [0.15, 0.2) is 0 Å². The topological polar surface area (TPSA) is 72.7 Å². The first-order chi connectivity index (χ1) is 14.3. The molecule has 0 unspecified atom stereocenters. The lowest BCUT2D eigenvalue weighted by molar-refractivity contribution is 0.111. The molecule has 1 aliphatic rings. The molecule has 0 saturated carbocycles. The van der Waals surface area contributed by atoms with Gasteiger partial charge < -0.3 is 19.3 Å². The van der Waals surface area contributed by atoms with Crippen molar-refractivity contribution in [2.24, 2.45) is 7.05 Å². The van der Waals surface area contributed by atoms with Gasteiger partial charge in [-0.1, -0.05) is 6.92 Å². The Balaban J connectivity index is 2.11. The van der Waals surface area contributed by atoms with Crippen LogP contribution in [0.15, 0.2) is 17.1 Å². The van der Waals surface area contributed by atoms with E-state index in [1.807, 2.05) is 38.9 Å². The molecule has 8 nitrogen and oxygen atoms in total. The predicted molar refractivity (Wildman–Crippen MR) is 120 cm³/mol. The highest BCUT2D eigenvalue weighted by atomic mass is 16.5. The third-order valence-electron chi connectivity index (χ3n) is 5.83. The Hall–Kier alpha value is -2.45. The number of aryl methyl sites for hydroxylation is 2.